The molecule has 116 valence electrons. The van der Waals surface area contributed by atoms with Crippen molar-refractivity contribution in [2.75, 3.05) is 26.7 Å². The van der Waals surface area contributed by atoms with Gasteiger partial charge in [-0.25, -0.2) is 0 Å². The Hall–Kier alpha value is -1.07. The normalized spacial score (nSPS) is 15.9. The van der Waals surface area contributed by atoms with Crippen LogP contribution in [-0.2, 0) is 11.3 Å². The van der Waals surface area contributed by atoms with E-state index in [1.807, 2.05) is 17.0 Å². The molecule has 1 aliphatic rings. The van der Waals surface area contributed by atoms with Gasteiger partial charge in [-0.3, -0.25) is 4.79 Å². The van der Waals surface area contributed by atoms with Crippen molar-refractivity contribution < 1.29 is 9.53 Å². The van der Waals surface area contributed by atoms with E-state index < -0.39 is 0 Å². The summed E-state index contributed by atoms with van der Waals surface area (Å²) in [7, 11) is 1.68. The van der Waals surface area contributed by atoms with Crippen LogP contribution in [0, 0.1) is 0 Å². The molecule has 4 nitrogen and oxygen atoms in total. The van der Waals surface area contributed by atoms with Crippen LogP contribution in [0.1, 0.15) is 31.2 Å². The molecule has 0 saturated carbocycles. The van der Waals surface area contributed by atoms with Gasteiger partial charge in [0.2, 0.25) is 5.91 Å². The zero-order valence-corrected chi connectivity index (χ0v) is 14.1. The third kappa shape index (κ3) is 5.00. The summed E-state index contributed by atoms with van der Waals surface area (Å²) in [5, 5.41) is 3.40. The van der Waals surface area contributed by atoms with E-state index in [-0.39, 0.29) is 0 Å². The second-order valence-corrected chi connectivity index (χ2v) is 6.24. The number of nitrogens with one attached hydrogen (secondary N) is 1. The fourth-order valence-corrected chi connectivity index (χ4v) is 3.01. The Labute approximate surface area is 135 Å². The van der Waals surface area contributed by atoms with Gasteiger partial charge >= 0.3 is 0 Å². The summed E-state index contributed by atoms with van der Waals surface area (Å²) in [5.74, 6) is 1.19. The summed E-state index contributed by atoms with van der Waals surface area (Å²) in [6.07, 6.45) is 4.05. The SMILES string of the molecule is COc1ccc(Br)cc1CNCCN1CCCCCC1=O. The zero-order chi connectivity index (χ0) is 15.1. The van der Waals surface area contributed by atoms with Crippen molar-refractivity contribution in [2.45, 2.75) is 32.2 Å². The van der Waals surface area contributed by atoms with Crippen LogP contribution in [0.5, 0.6) is 5.75 Å². The number of amides is 1. The van der Waals surface area contributed by atoms with Crippen LogP contribution in [0.25, 0.3) is 0 Å². The van der Waals surface area contributed by atoms with E-state index in [0.717, 1.165) is 54.8 Å². The maximum atomic E-state index is 11.9. The topological polar surface area (TPSA) is 41.6 Å². The van der Waals surface area contributed by atoms with E-state index in [9.17, 15) is 4.79 Å². The first-order valence-electron chi connectivity index (χ1n) is 7.51. The Morgan fingerprint density at radius 2 is 2.19 bits per heavy atom. The summed E-state index contributed by atoms with van der Waals surface area (Å²) in [6.45, 7) is 3.24. The maximum absolute atomic E-state index is 11.9. The van der Waals surface area contributed by atoms with Crippen LogP contribution in [0.4, 0.5) is 0 Å². The third-order valence-electron chi connectivity index (χ3n) is 3.79. The minimum absolute atomic E-state index is 0.300. The van der Waals surface area contributed by atoms with Crippen molar-refractivity contribution in [2.24, 2.45) is 0 Å². The largest absolute Gasteiger partial charge is 0.496 e. The minimum atomic E-state index is 0.300. The van der Waals surface area contributed by atoms with Crippen LogP contribution in [0.3, 0.4) is 0 Å². The summed E-state index contributed by atoms with van der Waals surface area (Å²) in [6, 6.07) is 5.99. The highest BCUT2D eigenvalue weighted by Crippen LogP contribution is 2.22. The minimum Gasteiger partial charge on any atom is -0.496 e. The van der Waals surface area contributed by atoms with E-state index in [2.05, 4.69) is 27.3 Å². The number of methoxy groups -OCH3 is 1. The summed E-state index contributed by atoms with van der Waals surface area (Å²) in [5.41, 5.74) is 1.12. The van der Waals surface area contributed by atoms with Gasteiger partial charge < -0.3 is 15.0 Å². The van der Waals surface area contributed by atoms with Gasteiger partial charge in [0, 0.05) is 42.6 Å². The number of carbonyl (C=O) groups is 1. The highest BCUT2D eigenvalue weighted by molar-refractivity contribution is 9.10. The molecule has 0 radical (unpaired) electrons. The molecule has 5 heteroatoms. The first kappa shape index (κ1) is 16.3. The van der Waals surface area contributed by atoms with E-state index >= 15 is 0 Å². The predicted octanol–water partition coefficient (Wildman–Crippen LogP) is 2.95. The smallest absolute Gasteiger partial charge is 0.222 e. The number of nitrogens with zero attached hydrogens (tertiary/aromatic N) is 1. The lowest BCUT2D eigenvalue weighted by molar-refractivity contribution is -0.130. The number of carbonyl (C=O) groups excluding carboxylic acids is 1. The highest BCUT2D eigenvalue weighted by atomic mass is 79.9. The molecule has 0 aliphatic carbocycles. The number of ether oxygens (including phenoxy) is 1. The van der Waals surface area contributed by atoms with Crippen molar-refractivity contribution in [1.82, 2.24) is 10.2 Å². The molecule has 1 aromatic rings. The predicted molar refractivity (Wildman–Crippen MR) is 87.4 cm³/mol. The lowest BCUT2D eigenvalue weighted by atomic mass is 10.2. The summed E-state index contributed by atoms with van der Waals surface area (Å²) < 4.78 is 6.40. The molecule has 1 aromatic carbocycles. The molecule has 0 bridgehead atoms. The molecule has 1 aliphatic heterocycles. The quantitative estimate of drug-likeness (QED) is 0.798. The van der Waals surface area contributed by atoms with Gasteiger partial charge in [0.05, 0.1) is 7.11 Å². The molecule has 21 heavy (non-hydrogen) atoms. The van der Waals surface area contributed by atoms with Gasteiger partial charge in [0.25, 0.3) is 0 Å². The first-order valence-corrected chi connectivity index (χ1v) is 8.31. The van der Waals surface area contributed by atoms with Gasteiger partial charge in [-0.1, -0.05) is 22.4 Å². The van der Waals surface area contributed by atoms with Crippen molar-refractivity contribution in [1.29, 1.82) is 0 Å². The molecule has 1 saturated heterocycles. The Morgan fingerprint density at radius 3 is 3.00 bits per heavy atom. The number of halogens is 1. The van der Waals surface area contributed by atoms with Crippen molar-refractivity contribution in [3.8, 4) is 5.75 Å². The number of hydrogen-bond donors (Lipinski definition) is 1. The van der Waals surface area contributed by atoms with Crippen molar-refractivity contribution in [3.05, 3.63) is 28.2 Å². The van der Waals surface area contributed by atoms with Crippen LogP contribution in [-0.4, -0.2) is 37.6 Å². The second kappa shape index (κ2) is 8.39. The number of benzene rings is 1. The van der Waals surface area contributed by atoms with Gasteiger partial charge in [-0.05, 0) is 31.0 Å². The molecule has 1 heterocycles. The average Bonchev–Trinajstić information content (AvgIpc) is 2.68. The Bertz CT molecular complexity index is 479. The molecule has 1 fully saturated rings. The second-order valence-electron chi connectivity index (χ2n) is 5.32. The maximum Gasteiger partial charge on any atom is 0.222 e. The fraction of sp³-hybridized carbons (Fsp3) is 0.562. The Morgan fingerprint density at radius 1 is 1.33 bits per heavy atom. The van der Waals surface area contributed by atoms with Gasteiger partial charge in [0.1, 0.15) is 5.75 Å². The van der Waals surface area contributed by atoms with Crippen molar-refractivity contribution in [3.63, 3.8) is 0 Å². The molecule has 0 spiro atoms. The number of rotatable bonds is 6. The number of hydrogen-bond acceptors (Lipinski definition) is 3. The van der Waals surface area contributed by atoms with E-state index in [4.69, 9.17) is 4.74 Å². The van der Waals surface area contributed by atoms with E-state index in [1.54, 1.807) is 7.11 Å². The van der Waals surface area contributed by atoms with Crippen LogP contribution >= 0.6 is 15.9 Å². The Balaban J connectivity index is 1.79. The summed E-state index contributed by atoms with van der Waals surface area (Å²) >= 11 is 3.48. The molecule has 1 N–H and O–H groups in total. The first-order chi connectivity index (χ1) is 10.2. The molecule has 2 rings (SSSR count). The van der Waals surface area contributed by atoms with E-state index in [0.29, 0.717) is 12.3 Å². The van der Waals surface area contributed by atoms with Crippen LogP contribution in [0.15, 0.2) is 22.7 Å². The molecular weight excluding hydrogens is 332 g/mol. The third-order valence-corrected chi connectivity index (χ3v) is 4.28. The molecular formula is C16H23BrN2O2. The van der Waals surface area contributed by atoms with Gasteiger partial charge in [-0.15, -0.1) is 0 Å². The number of likely N-dealkylation sites (tertiary alicyclic amines) is 1. The lowest BCUT2D eigenvalue weighted by Crippen LogP contribution is -2.36. The average molecular weight is 355 g/mol. The van der Waals surface area contributed by atoms with Gasteiger partial charge in [-0.2, -0.15) is 0 Å². The fourth-order valence-electron chi connectivity index (χ4n) is 2.60. The molecule has 0 unspecified atom stereocenters. The monoisotopic (exact) mass is 354 g/mol. The zero-order valence-electron chi connectivity index (χ0n) is 12.5. The van der Waals surface area contributed by atoms with E-state index in [1.165, 1.54) is 6.42 Å². The van der Waals surface area contributed by atoms with Crippen LogP contribution < -0.4 is 10.1 Å². The van der Waals surface area contributed by atoms with Gasteiger partial charge in [0.15, 0.2) is 0 Å². The molecule has 0 atom stereocenters. The standard InChI is InChI=1S/C16H23BrN2O2/c1-21-15-7-6-14(17)11-13(15)12-18-8-10-19-9-4-2-3-5-16(19)20/h6-7,11,18H,2-5,8-10,12H2,1H3. The highest BCUT2D eigenvalue weighted by Gasteiger charge is 2.15. The lowest BCUT2D eigenvalue weighted by Gasteiger charge is -2.20. The van der Waals surface area contributed by atoms with Crippen molar-refractivity contribution >= 4 is 21.8 Å². The molecule has 0 aromatic heterocycles. The van der Waals surface area contributed by atoms with Crippen LogP contribution in [0.2, 0.25) is 0 Å². The summed E-state index contributed by atoms with van der Waals surface area (Å²) in [4.78, 5) is 13.9. The Kier molecular flexibility index (Phi) is 6.51. The molecule has 1 amide bonds.